The van der Waals surface area contributed by atoms with Crippen molar-refractivity contribution in [1.82, 2.24) is 14.7 Å². The fourth-order valence-electron chi connectivity index (χ4n) is 10.3. The number of rotatable bonds is 55. The first-order chi connectivity index (χ1) is 35.5. The summed E-state index contributed by atoms with van der Waals surface area (Å²) in [5.41, 5.74) is 5.07. The second-order valence-electron chi connectivity index (χ2n) is 23.6. The van der Waals surface area contributed by atoms with Gasteiger partial charge in [0.15, 0.2) is 0 Å². The maximum absolute atomic E-state index is 13.2. The van der Waals surface area contributed by atoms with Crippen LogP contribution in [0.1, 0.15) is 357 Å². The summed E-state index contributed by atoms with van der Waals surface area (Å²) < 4.78 is 0. The second kappa shape index (κ2) is 57.9. The average Bonchev–Trinajstić information content (AvgIpc) is 3.37. The number of hydrogen-bond donors (Lipinski definition) is 2. The van der Waals surface area contributed by atoms with Crippen molar-refractivity contribution < 1.29 is 19.5 Å². The summed E-state index contributed by atoms with van der Waals surface area (Å²) in [5.74, 6) is 0.101. The maximum atomic E-state index is 13.2. The summed E-state index contributed by atoms with van der Waals surface area (Å²) >= 11 is 0. The Labute approximate surface area is 457 Å². The lowest BCUT2D eigenvalue weighted by Crippen LogP contribution is -2.51. The van der Waals surface area contributed by atoms with Gasteiger partial charge in [0, 0.05) is 31.7 Å². The molecule has 8 nitrogen and oxygen atoms in total. The summed E-state index contributed by atoms with van der Waals surface area (Å²) in [4.78, 5) is 42.4. The Hall–Kier alpha value is -1.83. The Balaban J connectivity index is 0. The van der Waals surface area contributed by atoms with Crippen molar-refractivity contribution in [2.75, 3.05) is 39.3 Å². The molecule has 0 radical (unpaired) electrons. The van der Waals surface area contributed by atoms with E-state index in [4.69, 9.17) is 5.73 Å². The SMILES string of the molecule is CCCCCCCCCCCCCCN(CCCCCCCCCCCCCC)C(=O)CN.CCCCCCCCCCCCCCN(CCCCCCCCCCCCCC)C(=O)CN(C(=O)O)C(C)(C)C. The lowest BCUT2D eigenvalue weighted by molar-refractivity contribution is -0.133. The third kappa shape index (κ3) is 53.4. The van der Waals surface area contributed by atoms with Gasteiger partial charge in [-0.1, -0.05) is 310 Å². The highest BCUT2D eigenvalue weighted by Crippen LogP contribution is 2.18. The van der Waals surface area contributed by atoms with Crippen molar-refractivity contribution >= 4 is 17.9 Å². The van der Waals surface area contributed by atoms with Gasteiger partial charge in [-0.2, -0.15) is 0 Å². The number of carbonyl (C=O) groups is 3. The van der Waals surface area contributed by atoms with Gasteiger partial charge in [-0.15, -0.1) is 0 Å². The highest BCUT2D eigenvalue weighted by molar-refractivity contribution is 5.82. The van der Waals surface area contributed by atoms with Gasteiger partial charge in [-0.3, -0.25) is 14.5 Å². The summed E-state index contributed by atoms with van der Waals surface area (Å²) in [5, 5.41) is 9.67. The van der Waals surface area contributed by atoms with Crippen LogP contribution in [0.25, 0.3) is 0 Å². The van der Waals surface area contributed by atoms with Gasteiger partial charge in [-0.05, 0) is 46.5 Å². The van der Waals surface area contributed by atoms with E-state index < -0.39 is 11.6 Å². The predicted molar refractivity (Wildman–Crippen MR) is 321 cm³/mol. The van der Waals surface area contributed by atoms with Crippen LogP contribution in [-0.2, 0) is 9.59 Å². The Bertz CT molecular complexity index is 1090. The van der Waals surface area contributed by atoms with E-state index in [2.05, 4.69) is 27.7 Å². The zero-order chi connectivity index (χ0) is 54.1. The van der Waals surface area contributed by atoms with Crippen molar-refractivity contribution in [3.05, 3.63) is 0 Å². The number of carboxylic acid groups (broad SMARTS) is 1. The van der Waals surface area contributed by atoms with E-state index in [1.54, 1.807) is 0 Å². The molecule has 3 amide bonds. The van der Waals surface area contributed by atoms with E-state index in [1.165, 1.54) is 275 Å². The first-order valence-corrected chi connectivity index (χ1v) is 32.8. The van der Waals surface area contributed by atoms with E-state index >= 15 is 0 Å². The molecule has 0 aliphatic rings. The molecule has 3 N–H and O–H groups in total. The molecule has 0 saturated heterocycles. The lowest BCUT2D eigenvalue weighted by atomic mass is 10.0. The zero-order valence-corrected chi connectivity index (χ0v) is 50.8. The van der Waals surface area contributed by atoms with Crippen molar-refractivity contribution in [1.29, 1.82) is 0 Å². The molecular formula is C65H132N4O4. The summed E-state index contributed by atoms with van der Waals surface area (Å²) in [6, 6.07) is 0. The average molecular weight is 1030 g/mol. The molecular weight excluding hydrogens is 901 g/mol. The fourth-order valence-corrected chi connectivity index (χ4v) is 10.3. The maximum Gasteiger partial charge on any atom is 0.408 e. The van der Waals surface area contributed by atoms with E-state index in [-0.39, 0.29) is 24.9 Å². The number of hydrogen-bond acceptors (Lipinski definition) is 4. The van der Waals surface area contributed by atoms with Crippen molar-refractivity contribution in [3.8, 4) is 0 Å². The molecule has 8 heteroatoms. The van der Waals surface area contributed by atoms with Crippen molar-refractivity contribution in [3.63, 3.8) is 0 Å². The molecule has 0 bridgehead atoms. The van der Waals surface area contributed by atoms with Gasteiger partial charge in [0.2, 0.25) is 11.8 Å². The van der Waals surface area contributed by atoms with Crippen LogP contribution in [0.3, 0.4) is 0 Å². The van der Waals surface area contributed by atoms with E-state index in [0.717, 1.165) is 64.7 Å². The Morgan fingerprint density at radius 1 is 0.315 bits per heavy atom. The minimum absolute atomic E-state index is 0.0385. The first-order valence-electron chi connectivity index (χ1n) is 32.8. The van der Waals surface area contributed by atoms with Crippen LogP contribution in [0.5, 0.6) is 0 Å². The normalized spacial score (nSPS) is 11.5. The summed E-state index contributed by atoms with van der Waals surface area (Å²) in [7, 11) is 0. The van der Waals surface area contributed by atoms with Gasteiger partial charge >= 0.3 is 6.09 Å². The number of nitrogens with two attached hydrogens (primary N) is 1. The molecule has 0 saturated carbocycles. The van der Waals surface area contributed by atoms with Gasteiger partial charge < -0.3 is 20.6 Å². The van der Waals surface area contributed by atoms with Crippen LogP contribution in [0, 0.1) is 0 Å². The summed E-state index contributed by atoms with van der Waals surface area (Å²) in [6.07, 6.45) is 62.8. The molecule has 0 atom stereocenters. The number of carbonyl (C=O) groups excluding carboxylic acids is 2. The second-order valence-corrected chi connectivity index (χ2v) is 23.6. The Morgan fingerprint density at radius 3 is 0.658 bits per heavy atom. The molecule has 0 spiro atoms. The van der Waals surface area contributed by atoms with Crippen LogP contribution < -0.4 is 5.73 Å². The standard InChI is InChI=1S/C35H70N2O3.C30H62N2O/c1-6-8-10-12-14-16-18-20-22-24-26-28-30-36(33(38)32-37(34(39)40)35(3,4)5)31-29-27-25-23-21-19-17-15-13-11-9-7-2;1-3-5-7-9-11-13-15-17-19-21-23-25-27-32(30(33)29-31)28-26-24-22-20-18-16-14-12-10-8-6-4-2/h6-32H2,1-5H3,(H,39,40);3-29,31H2,1-2H3. The monoisotopic (exact) mass is 1030 g/mol. The minimum atomic E-state index is -1.02. The smallest absolute Gasteiger partial charge is 0.408 e. The van der Waals surface area contributed by atoms with Gasteiger partial charge in [0.25, 0.3) is 0 Å². The molecule has 436 valence electrons. The topological polar surface area (TPSA) is 107 Å². The molecule has 0 heterocycles. The first kappa shape index (κ1) is 73.2. The van der Waals surface area contributed by atoms with Crippen molar-refractivity contribution in [2.24, 2.45) is 5.73 Å². The number of unbranched alkanes of at least 4 members (excludes halogenated alkanes) is 44. The molecule has 0 aromatic heterocycles. The van der Waals surface area contributed by atoms with Crippen molar-refractivity contribution in [2.45, 2.75) is 362 Å². The van der Waals surface area contributed by atoms with Crippen LogP contribution in [-0.4, -0.2) is 82.5 Å². The highest BCUT2D eigenvalue weighted by atomic mass is 16.4. The molecule has 0 fully saturated rings. The molecule has 0 rings (SSSR count). The molecule has 0 aliphatic heterocycles. The van der Waals surface area contributed by atoms with Crippen LogP contribution >= 0.6 is 0 Å². The highest BCUT2D eigenvalue weighted by Gasteiger charge is 2.29. The molecule has 0 aromatic rings. The van der Waals surface area contributed by atoms with Crippen LogP contribution in [0.4, 0.5) is 4.79 Å². The van der Waals surface area contributed by atoms with E-state index in [1.807, 2.05) is 30.6 Å². The molecule has 0 unspecified atom stereocenters. The molecule has 73 heavy (non-hydrogen) atoms. The van der Waals surface area contributed by atoms with E-state index in [0.29, 0.717) is 0 Å². The fraction of sp³-hybridized carbons (Fsp3) is 0.954. The van der Waals surface area contributed by atoms with Crippen LogP contribution in [0.2, 0.25) is 0 Å². The van der Waals surface area contributed by atoms with Gasteiger partial charge in [-0.25, -0.2) is 4.79 Å². The third-order valence-corrected chi connectivity index (χ3v) is 15.3. The van der Waals surface area contributed by atoms with Crippen LogP contribution in [0.15, 0.2) is 0 Å². The Kier molecular flexibility index (Phi) is 58.1. The quantitative estimate of drug-likeness (QED) is 0.0590. The van der Waals surface area contributed by atoms with E-state index in [9.17, 15) is 19.5 Å². The molecule has 0 aromatic carbocycles. The Morgan fingerprint density at radius 2 is 0.493 bits per heavy atom. The summed E-state index contributed by atoms with van der Waals surface area (Å²) in [6.45, 7) is 18.1. The third-order valence-electron chi connectivity index (χ3n) is 15.3. The number of amides is 3. The van der Waals surface area contributed by atoms with Gasteiger partial charge in [0.05, 0.1) is 6.54 Å². The minimum Gasteiger partial charge on any atom is -0.465 e. The number of nitrogens with zero attached hydrogens (tertiary/aromatic N) is 3. The predicted octanol–water partition coefficient (Wildman–Crippen LogP) is 20.2. The van der Waals surface area contributed by atoms with Gasteiger partial charge in [0.1, 0.15) is 6.54 Å². The largest absolute Gasteiger partial charge is 0.465 e. The lowest BCUT2D eigenvalue weighted by Gasteiger charge is -2.34. The zero-order valence-electron chi connectivity index (χ0n) is 50.8. The molecule has 0 aliphatic carbocycles.